The molecule has 116 valence electrons. The first kappa shape index (κ1) is 15.0. The van der Waals surface area contributed by atoms with Gasteiger partial charge in [-0.15, -0.1) is 0 Å². The van der Waals surface area contributed by atoms with Crippen LogP contribution in [0.4, 0.5) is 0 Å². The van der Waals surface area contributed by atoms with Gasteiger partial charge in [-0.25, -0.2) is 0 Å². The van der Waals surface area contributed by atoms with Crippen molar-refractivity contribution >= 4 is 0 Å². The number of piperidine rings is 1. The molecule has 3 heteroatoms. The van der Waals surface area contributed by atoms with E-state index in [0.717, 1.165) is 6.04 Å². The Morgan fingerprint density at radius 3 is 2.24 bits per heavy atom. The largest absolute Gasteiger partial charge is 0.334 e. The molecule has 3 rings (SSSR count). The molecule has 0 amide bonds. The van der Waals surface area contributed by atoms with Crippen molar-refractivity contribution in [3.05, 3.63) is 35.9 Å². The van der Waals surface area contributed by atoms with Crippen molar-refractivity contribution in [2.24, 2.45) is 0 Å². The van der Waals surface area contributed by atoms with Crippen LogP contribution < -0.4 is 14.7 Å². The highest BCUT2D eigenvalue weighted by atomic mass is 15.3. The molecule has 3 N–H and O–H groups in total. The lowest BCUT2D eigenvalue weighted by molar-refractivity contribution is -1.02. The van der Waals surface area contributed by atoms with E-state index in [1.54, 1.807) is 4.90 Å². The van der Waals surface area contributed by atoms with Gasteiger partial charge in [0.2, 0.25) is 0 Å². The summed E-state index contributed by atoms with van der Waals surface area (Å²) in [6.45, 7) is 9.64. The number of piperazine rings is 1. The minimum atomic E-state index is 0.957. The number of quaternary nitrogens is 3. The highest BCUT2D eigenvalue weighted by Crippen LogP contribution is 1.99. The summed E-state index contributed by atoms with van der Waals surface area (Å²) >= 11 is 0. The summed E-state index contributed by atoms with van der Waals surface area (Å²) in [5.41, 5.74) is 1.50. The third-order valence-electron chi connectivity index (χ3n) is 5.63. The molecule has 3 nitrogen and oxygen atoms in total. The molecule has 2 aliphatic rings. The Morgan fingerprint density at radius 1 is 0.905 bits per heavy atom. The summed E-state index contributed by atoms with van der Waals surface area (Å²) in [5.74, 6) is 0. The summed E-state index contributed by atoms with van der Waals surface area (Å²) in [5, 5.41) is 0. The second-order valence-electron chi connectivity index (χ2n) is 7.13. The number of nitrogens with one attached hydrogen (secondary N) is 3. The average molecular weight is 290 g/mol. The Hall–Kier alpha value is -0.900. The van der Waals surface area contributed by atoms with Gasteiger partial charge in [0.15, 0.2) is 0 Å². The zero-order chi connectivity index (χ0) is 14.5. The lowest BCUT2D eigenvalue weighted by atomic mass is 10.0. The quantitative estimate of drug-likeness (QED) is 0.552. The fourth-order valence-electron chi connectivity index (χ4n) is 4.06. The van der Waals surface area contributed by atoms with Crippen LogP contribution in [0.1, 0.15) is 18.4 Å². The normalized spacial score (nSPS) is 33.8. The molecule has 1 aromatic carbocycles. The van der Waals surface area contributed by atoms with Crippen molar-refractivity contribution in [3.8, 4) is 0 Å². The van der Waals surface area contributed by atoms with Gasteiger partial charge in [-0.3, -0.25) is 0 Å². The molecular weight excluding hydrogens is 258 g/mol. The predicted octanol–water partition coefficient (Wildman–Crippen LogP) is -2.31. The molecule has 2 fully saturated rings. The molecule has 21 heavy (non-hydrogen) atoms. The van der Waals surface area contributed by atoms with Crippen LogP contribution in [0.2, 0.25) is 0 Å². The van der Waals surface area contributed by atoms with Gasteiger partial charge in [0.05, 0.1) is 32.7 Å². The molecule has 0 spiro atoms. The Bertz CT molecular complexity index is 404. The smallest absolute Gasteiger partial charge is 0.127 e. The fraction of sp³-hybridized carbons (Fsp3) is 0.667. The maximum atomic E-state index is 2.34. The number of hydrogen-bond donors (Lipinski definition) is 3. The summed E-state index contributed by atoms with van der Waals surface area (Å²) in [4.78, 5) is 5.46. The molecule has 0 unspecified atom stereocenters. The molecule has 0 aliphatic carbocycles. The highest BCUT2D eigenvalue weighted by molar-refractivity contribution is 5.14. The van der Waals surface area contributed by atoms with Crippen molar-refractivity contribution in [1.82, 2.24) is 0 Å². The standard InChI is InChI=1S/C18H29N3/c1-19-13-15-21(16-14-19)18-8-11-20(12-9-18)10-7-17-5-3-2-4-6-17/h2-6,18H,7-16H2,1H3/p+3. The molecule has 2 heterocycles. The molecule has 0 aromatic heterocycles. The van der Waals surface area contributed by atoms with E-state index in [0.29, 0.717) is 0 Å². The Morgan fingerprint density at radius 2 is 1.57 bits per heavy atom. The van der Waals surface area contributed by atoms with Crippen LogP contribution >= 0.6 is 0 Å². The number of benzene rings is 1. The Labute approximate surface area is 129 Å². The lowest BCUT2D eigenvalue weighted by Gasteiger charge is -2.37. The van der Waals surface area contributed by atoms with Gasteiger partial charge >= 0.3 is 0 Å². The summed E-state index contributed by atoms with van der Waals surface area (Å²) < 4.78 is 0. The second kappa shape index (κ2) is 7.39. The first-order valence-corrected chi connectivity index (χ1v) is 8.84. The van der Waals surface area contributed by atoms with E-state index in [1.807, 2.05) is 9.80 Å². The predicted molar refractivity (Wildman–Crippen MR) is 86.0 cm³/mol. The molecule has 0 radical (unpaired) electrons. The van der Waals surface area contributed by atoms with Crippen LogP contribution in [0.15, 0.2) is 30.3 Å². The van der Waals surface area contributed by atoms with Crippen molar-refractivity contribution in [2.45, 2.75) is 25.3 Å². The Balaban J connectivity index is 1.39. The molecule has 0 saturated carbocycles. The van der Waals surface area contributed by atoms with Gasteiger partial charge in [-0.2, -0.15) is 0 Å². The molecule has 0 bridgehead atoms. The lowest BCUT2D eigenvalue weighted by Crippen LogP contribution is -3.29. The summed E-state index contributed by atoms with van der Waals surface area (Å²) in [6, 6.07) is 11.9. The number of likely N-dealkylation sites (N-methyl/N-ethyl adjacent to an activating group) is 1. The van der Waals surface area contributed by atoms with Crippen LogP contribution in [-0.4, -0.2) is 58.9 Å². The fourth-order valence-corrected chi connectivity index (χ4v) is 4.06. The van der Waals surface area contributed by atoms with Crippen molar-refractivity contribution in [2.75, 3.05) is 52.9 Å². The molecule has 0 atom stereocenters. The van der Waals surface area contributed by atoms with E-state index in [-0.39, 0.29) is 0 Å². The van der Waals surface area contributed by atoms with E-state index < -0.39 is 0 Å². The van der Waals surface area contributed by atoms with Crippen molar-refractivity contribution < 1.29 is 14.7 Å². The SMILES string of the molecule is C[NH+]1CC[NH+](C2CC[NH+](CCc3ccccc3)CC2)CC1. The minimum absolute atomic E-state index is 0.957. The van der Waals surface area contributed by atoms with E-state index in [2.05, 4.69) is 37.4 Å². The van der Waals surface area contributed by atoms with Crippen LogP contribution in [0, 0.1) is 0 Å². The van der Waals surface area contributed by atoms with Gasteiger partial charge in [-0.05, 0) is 5.56 Å². The first-order chi connectivity index (χ1) is 10.3. The zero-order valence-electron chi connectivity index (χ0n) is 13.5. The van der Waals surface area contributed by atoms with Gasteiger partial charge < -0.3 is 14.7 Å². The van der Waals surface area contributed by atoms with Crippen LogP contribution in [0.25, 0.3) is 0 Å². The Kier molecular flexibility index (Phi) is 5.28. The van der Waals surface area contributed by atoms with E-state index in [4.69, 9.17) is 0 Å². The van der Waals surface area contributed by atoms with Crippen molar-refractivity contribution in [3.63, 3.8) is 0 Å². The van der Waals surface area contributed by atoms with Gasteiger partial charge in [0.25, 0.3) is 0 Å². The molecule has 2 saturated heterocycles. The van der Waals surface area contributed by atoms with Gasteiger partial charge in [-0.1, -0.05) is 30.3 Å². The summed E-state index contributed by atoms with van der Waals surface area (Å²) in [7, 11) is 2.34. The number of likely N-dealkylation sites (tertiary alicyclic amines) is 1. The third kappa shape index (κ3) is 4.29. The van der Waals surface area contributed by atoms with Crippen LogP contribution in [0.3, 0.4) is 0 Å². The average Bonchev–Trinajstić information content (AvgIpc) is 2.55. The topological polar surface area (TPSA) is 13.3 Å². The van der Waals surface area contributed by atoms with Crippen LogP contribution in [0.5, 0.6) is 0 Å². The first-order valence-electron chi connectivity index (χ1n) is 8.84. The van der Waals surface area contributed by atoms with E-state index >= 15 is 0 Å². The van der Waals surface area contributed by atoms with E-state index in [1.165, 1.54) is 70.6 Å². The van der Waals surface area contributed by atoms with E-state index in [9.17, 15) is 0 Å². The minimum Gasteiger partial charge on any atom is -0.334 e. The maximum absolute atomic E-state index is 2.34. The maximum Gasteiger partial charge on any atom is 0.127 e. The summed E-state index contributed by atoms with van der Waals surface area (Å²) in [6.07, 6.45) is 4.13. The number of rotatable bonds is 4. The molecular formula is C18H32N3+3. The monoisotopic (exact) mass is 290 g/mol. The number of hydrogen-bond acceptors (Lipinski definition) is 0. The van der Waals surface area contributed by atoms with Crippen molar-refractivity contribution in [1.29, 1.82) is 0 Å². The molecule has 2 aliphatic heterocycles. The third-order valence-corrected chi connectivity index (χ3v) is 5.63. The van der Waals surface area contributed by atoms with Gasteiger partial charge in [0, 0.05) is 19.3 Å². The van der Waals surface area contributed by atoms with Gasteiger partial charge in [0.1, 0.15) is 26.2 Å². The second-order valence-corrected chi connectivity index (χ2v) is 7.13. The van der Waals surface area contributed by atoms with Crippen LogP contribution in [-0.2, 0) is 6.42 Å². The molecule has 1 aromatic rings. The zero-order valence-corrected chi connectivity index (χ0v) is 13.5. The highest BCUT2D eigenvalue weighted by Gasteiger charge is 2.32.